The van der Waals surface area contributed by atoms with E-state index in [1.54, 1.807) is 40.0 Å². The van der Waals surface area contributed by atoms with E-state index in [1.807, 2.05) is 31.2 Å². The van der Waals surface area contributed by atoms with Crippen LogP contribution >= 0.6 is 34.3 Å². The minimum Gasteiger partial charge on any atom is -0.378 e. The molecule has 1 saturated heterocycles. The van der Waals surface area contributed by atoms with Crippen molar-refractivity contribution < 1.29 is 18.7 Å². The summed E-state index contributed by atoms with van der Waals surface area (Å²) in [6, 6.07) is 9.42. The number of nitrogens with one attached hydrogen (secondary N) is 1. The molecule has 3 heterocycles. The fraction of sp³-hybridized carbons (Fsp3) is 0.333. The molecule has 1 aromatic carbocycles. The Hall–Kier alpha value is -2.92. The average Bonchev–Trinajstić information content (AvgIpc) is 3.62. The highest BCUT2D eigenvalue weighted by Gasteiger charge is 2.34. The Morgan fingerprint density at radius 1 is 1.24 bits per heavy atom. The standard InChI is InChI=1S/C27H26ClFN4O3S2/c1-16(25(34)31-27-32-30-15-37-27)24(18-3-2-4-19(29)13-18)23-8-7-22(38-23)17-5-6-20(21(28)14-17)26(35)33-9-11-36-12-10-33/h2-8,14-16,18,24H,9-13H2,1H3,(H,31,32,34)/t16-,18?,24+/m0/s1. The van der Waals surface area contributed by atoms with Crippen LogP contribution in [-0.2, 0) is 9.53 Å². The first-order valence-corrected chi connectivity index (χ1v) is 14.3. The number of allylic oxidation sites excluding steroid dienone is 4. The number of thiophene rings is 1. The first-order valence-electron chi connectivity index (χ1n) is 12.3. The zero-order chi connectivity index (χ0) is 26.6. The summed E-state index contributed by atoms with van der Waals surface area (Å²) in [6.07, 6.45) is 5.37. The number of hydrogen-bond acceptors (Lipinski definition) is 7. The number of benzene rings is 1. The van der Waals surface area contributed by atoms with Crippen LogP contribution in [0.25, 0.3) is 10.4 Å². The third-order valence-electron chi connectivity index (χ3n) is 6.81. The van der Waals surface area contributed by atoms with Crippen LogP contribution in [0.5, 0.6) is 0 Å². The van der Waals surface area contributed by atoms with E-state index >= 15 is 0 Å². The highest BCUT2D eigenvalue weighted by molar-refractivity contribution is 7.15. The molecule has 1 unspecified atom stereocenters. The summed E-state index contributed by atoms with van der Waals surface area (Å²) < 4.78 is 19.6. The zero-order valence-corrected chi connectivity index (χ0v) is 23.0. The van der Waals surface area contributed by atoms with Crippen molar-refractivity contribution in [2.75, 3.05) is 31.6 Å². The largest absolute Gasteiger partial charge is 0.378 e. The first kappa shape index (κ1) is 26.7. The van der Waals surface area contributed by atoms with E-state index < -0.39 is 5.92 Å². The maximum atomic E-state index is 14.3. The van der Waals surface area contributed by atoms with Crippen LogP contribution in [0.15, 0.2) is 59.9 Å². The average molecular weight is 573 g/mol. The Balaban J connectivity index is 1.40. The van der Waals surface area contributed by atoms with Gasteiger partial charge in [-0.1, -0.05) is 48.1 Å². The summed E-state index contributed by atoms with van der Waals surface area (Å²) in [7, 11) is 0. The molecule has 5 rings (SSSR count). The Labute approximate surface area is 233 Å². The Morgan fingerprint density at radius 3 is 2.76 bits per heavy atom. The number of ether oxygens (including phenoxy) is 1. The molecule has 1 aliphatic heterocycles. The van der Waals surface area contributed by atoms with Gasteiger partial charge in [-0.3, -0.25) is 9.59 Å². The number of halogens is 2. The van der Waals surface area contributed by atoms with E-state index in [-0.39, 0.29) is 35.9 Å². The molecule has 3 aromatic rings. The van der Waals surface area contributed by atoms with Gasteiger partial charge in [0, 0.05) is 41.1 Å². The molecule has 0 bridgehead atoms. The van der Waals surface area contributed by atoms with Crippen molar-refractivity contribution in [2.45, 2.75) is 19.3 Å². The number of amides is 2. The van der Waals surface area contributed by atoms with E-state index in [4.69, 9.17) is 16.3 Å². The second-order valence-corrected chi connectivity index (χ2v) is 11.6. The number of nitrogens with zero attached hydrogens (tertiary/aromatic N) is 3. The second kappa shape index (κ2) is 11.9. The summed E-state index contributed by atoms with van der Waals surface area (Å²) in [6.45, 7) is 3.99. The molecule has 2 aromatic heterocycles. The van der Waals surface area contributed by atoms with Crippen molar-refractivity contribution in [1.82, 2.24) is 15.1 Å². The van der Waals surface area contributed by atoms with E-state index in [0.29, 0.717) is 42.0 Å². The number of aromatic nitrogens is 2. The van der Waals surface area contributed by atoms with Gasteiger partial charge < -0.3 is 15.0 Å². The lowest BCUT2D eigenvalue weighted by Gasteiger charge is -2.29. The fourth-order valence-corrected chi connectivity index (χ4v) is 6.81. The summed E-state index contributed by atoms with van der Waals surface area (Å²) in [5.74, 6) is -1.40. The molecule has 3 atom stereocenters. The lowest BCUT2D eigenvalue weighted by atomic mass is 9.77. The predicted molar refractivity (Wildman–Crippen MR) is 148 cm³/mol. The SMILES string of the molecule is C[C@H](C(=O)Nc1nncs1)[C@@H](c1ccc(-c2ccc(C(=O)N3CCOCC3)c(Cl)c2)s1)C1C=CC=C(F)C1. The number of morpholine rings is 1. The van der Waals surface area contributed by atoms with Gasteiger partial charge in [-0.2, -0.15) is 0 Å². The van der Waals surface area contributed by atoms with E-state index in [2.05, 4.69) is 15.5 Å². The molecule has 1 aliphatic carbocycles. The van der Waals surface area contributed by atoms with Gasteiger partial charge in [0.1, 0.15) is 11.3 Å². The molecule has 0 spiro atoms. The Kier molecular flexibility index (Phi) is 8.32. The van der Waals surface area contributed by atoms with Crippen molar-refractivity contribution >= 4 is 51.2 Å². The highest BCUT2D eigenvalue weighted by atomic mass is 35.5. The van der Waals surface area contributed by atoms with Gasteiger partial charge in [-0.25, -0.2) is 4.39 Å². The number of anilines is 1. The molecule has 1 N–H and O–H groups in total. The van der Waals surface area contributed by atoms with Crippen LogP contribution < -0.4 is 5.32 Å². The Bertz CT molecular complexity index is 1370. The molecule has 0 radical (unpaired) electrons. The zero-order valence-electron chi connectivity index (χ0n) is 20.6. The van der Waals surface area contributed by atoms with Crippen molar-refractivity contribution in [1.29, 1.82) is 0 Å². The van der Waals surface area contributed by atoms with Crippen LogP contribution in [0.3, 0.4) is 0 Å². The van der Waals surface area contributed by atoms with Crippen molar-refractivity contribution in [2.24, 2.45) is 11.8 Å². The van der Waals surface area contributed by atoms with Crippen LogP contribution in [-0.4, -0.2) is 53.2 Å². The highest BCUT2D eigenvalue weighted by Crippen LogP contribution is 2.44. The van der Waals surface area contributed by atoms with Crippen LogP contribution in [0, 0.1) is 11.8 Å². The molecule has 198 valence electrons. The van der Waals surface area contributed by atoms with Gasteiger partial charge in [0.15, 0.2) is 0 Å². The van der Waals surface area contributed by atoms with E-state index in [1.165, 1.54) is 17.4 Å². The van der Waals surface area contributed by atoms with Gasteiger partial charge >= 0.3 is 0 Å². The lowest BCUT2D eigenvalue weighted by molar-refractivity contribution is -0.120. The number of rotatable bonds is 7. The van der Waals surface area contributed by atoms with Crippen LogP contribution in [0.1, 0.15) is 34.5 Å². The van der Waals surface area contributed by atoms with Crippen LogP contribution in [0.2, 0.25) is 5.02 Å². The normalized spacial score (nSPS) is 19.1. The quantitative estimate of drug-likeness (QED) is 0.365. The van der Waals surface area contributed by atoms with Gasteiger partial charge in [-0.05, 0) is 41.8 Å². The summed E-state index contributed by atoms with van der Waals surface area (Å²) in [5, 5.41) is 11.3. The molecule has 2 amide bonds. The lowest BCUT2D eigenvalue weighted by Crippen LogP contribution is -2.40. The minimum atomic E-state index is -0.456. The second-order valence-electron chi connectivity index (χ2n) is 9.22. The minimum absolute atomic E-state index is 0.105. The topological polar surface area (TPSA) is 84.4 Å². The molecular formula is C27H26ClFN4O3S2. The monoisotopic (exact) mass is 572 g/mol. The predicted octanol–water partition coefficient (Wildman–Crippen LogP) is 6.18. The molecule has 7 nitrogen and oxygen atoms in total. The van der Waals surface area contributed by atoms with Crippen LogP contribution in [0.4, 0.5) is 9.52 Å². The number of carbonyl (C=O) groups excluding carboxylic acids is 2. The first-order chi connectivity index (χ1) is 18.4. The Morgan fingerprint density at radius 2 is 2.05 bits per heavy atom. The van der Waals surface area contributed by atoms with Crippen molar-refractivity contribution in [3.63, 3.8) is 0 Å². The summed E-state index contributed by atoms with van der Waals surface area (Å²) >= 11 is 9.35. The molecule has 0 saturated carbocycles. The molecular weight excluding hydrogens is 547 g/mol. The molecule has 38 heavy (non-hydrogen) atoms. The van der Waals surface area contributed by atoms with Gasteiger partial charge in [0.25, 0.3) is 5.91 Å². The van der Waals surface area contributed by atoms with Gasteiger partial charge in [0.2, 0.25) is 11.0 Å². The van der Waals surface area contributed by atoms with E-state index in [0.717, 1.165) is 15.3 Å². The maximum absolute atomic E-state index is 14.3. The summed E-state index contributed by atoms with van der Waals surface area (Å²) in [5.41, 5.74) is 2.89. The molecule has 1 fully saturated rings. The third-order valence-corrected chi connectivity index (χ3v) is 8.96. The van der Waals surface area contributed by atoms with Crippen molar-refractivity contribution in [3.05, 3.63) is 75.4 Å². The van der Waals surface area contributed by atoms with Crippen molar-refractivity contribution in [3.8, 4) is 10.4 Å². The third kappa shape index (κ3) is 5.88. The smallest absolute Gasteiger partial charge is 0.255 e. The fourth-order valence-electron chi connectivity index (χ4n) is 4.81. The molecule has 11 heteroatoms. The van der Waals surface area contributed by atoms with E-state index in [9.17, 15) is 14.0 Å². The van der Waals surface area contributed by atoms with Gasteiger partial charge in [-0.15, -0.1) is 21.5 Å². The summed E-state index contributed by atoms with van der Waals surface area (Å²) in [4.78, 5) is 29.7. The maximum Gasteiger partial charge on any atom is 0.255 e. The number of carbonyl (C=O) groups is 2. The van der Waals surface area contributed by atoms with Gasteiger partial charge in [0.05, 0.1) is 23.8 Å². The number of hydrogen-bond donors (Lipinski definition) is 1. The molecule has 2 aliphatic rings.